The number of nitrogens with zero attached hydrogens (tertiary/aromatic N) is 1. The molecule has 2 bridgehead atoms. The van der Waals surface area contributed by atoms with Crippen LogP contribution in [0.25, 0.3) is 0 Å². The lowest BCUT2D eigenvalue weighted by Gasteiger charge is -2.51. The molecule has 198 valence electrons. The van der Waals surface area contributed by atoms with E-state index >= 15 is 0 Å². The Balaban J connectivity index is 0.00000336. The first-order chi connectivity index (χ1) is 17.9. The number of hydrogen-bond acceptors (Lipinski definition) is 4. The number of carbonyl (C=O) groups excluding carboxylic acids is 3. The van der Waals surface area contributed by atoms with Gasteiger partial charge in [0.2, 0.25) is 5.78 Å². The Bertz CT molecular complexity index is 1250. The van der Waals surface area contributed by atoms with Crippen molar-refractivity contribution in [2.45, 2.75) is 39.3 Å². The number of fused-ring (bicyclic) bond motifs is 3. The molecule has 6 heteroatoms. The van der Waals surface area contributed by atoms with Gasteiger partial charge in [0.1, 0.15) is 13.1 Å². The zero-order chi connectivity index (χ0) is 25.8. The number of benzene rings is 3. The van der Waals surface area contributed by atoms with Gasteiger partial charge in [-0.05, 0) is 24.6 Å². The van der Waals surface area contributed by atoms with Crippen LogP contribution in [0.5, 0.6) is 0 Å². The van der Waals surface area contributed by atoms with E-state index in [4.69, 9.17) is 4.74 Å². The Morgan fingerprint density at radius 1 is 0.868 bits per heavy atom. The van der Waals surface area contributed by atoms with Crippen LogP contribution in [0.1, 0.15) is 58.2 Å². The van der Waals surface area contributed by atoms with Crippen LogP contribution in [-0.2, 0) is 9.53 Å². The molecule has 0 aliphatic carbocycles. The van der Waals surface area contributed by atoms with E-state index in [9.17, 15) is 14.4 Å². The normalized spacial score (nSPS) is 22.6. The maximum atomic E-state index is 13.5. The van der Waals surface area contributed by atoms with Gasteiger partial charge in [-0.2, -0.15) is 0 Å². The summed E-state index contributed by atoms with van der Waals surface area (Å²) >= 11 is 0. The van der Waals surface area contributed by atoms with Crippen LogP contribution in [0.4, 0.5) is 0 Å². The summed E-state index contributed by atoms with van der Waals surface area (Å²) in [6.45, 7) is 4.84. The highest BCUT2D eigenvalue weighted by molar-refractivity contribution is 5.97. The number of hydrogen-bond donors (Lipinski definition) is 1. The molecule has 1 unspecified atom stereocenters. The second-order valence-electron chi connectivity index (χ2n) is 10.4. The van der Waals surface area contributed by atoms with Gasteiger partial charge in [-0.3, -0.25) is 9.59 Å². The van der Waals surface area contributed by atoms with E-state index in [1.807, 2.05) is 79.7 Å². The van der Waals surface area contributed by atoms with Crippen molar-refractivity contribution in [1.29, 1.82) is 0 Å². The molecule has 3 aromatic rings. The van der Waals surface area contributed by atoms with Crippen molar-refractivity contribution in [3.63, 3.8) is 0 Å². The Kier molecular flexibility index (Phi) is 8.42. The van der Waals surface area contributed by atoms with Gasteiger partial charge in [-0.1, -0.05) is 85.8 Å². The molecule has 3 saturated heterocycles. The zero-order valence-electron chi connectivity index (χ0n) is 21.1. The number of carbonyl (C=O) groups is 3. The average molecular weight is 514 g/mol. The molecule has 0 saturated carbocycles. The predicted octanol–water partition coefficient (Wildman–Crippen LogP) is 5.14. The summed E-state index contributed by atoms with van der Waals surface area (Å²) in [5.74, 6) is -0.381. The molecule has 38 heavy (non-hydrogen) atoms. The Labute approximate surface area is 225 Å². The summed E-state index contributed by atoms with van der Waals surface area (Å²) in [5.41, 5.74) is 2.95. The molecule has 3 aliphatic rings. The van der Waals surface area contributed by atoms with Crippen molar-refractivity contribution in [1.82, 2.24) is 5.32 Å². The van der Waals surface area contributed by atoms with Gasteiger partial charge in [0.25, 0.3) is 5.91 Å². The minimum Gasteiger partial charge on any atom is -0.454 e. The van der Waals surface area contributed by atoms with Crippen molar-refractivity contribution < 1.29 is 23.6 Å². The lowest BCUT2D eigenvalue weighted by molar-refractivity contribution is -0.938. The molecule has 0 spiro atoms. The van der Waals surface area contributed by atoms with Gasteiger partial charge in [0.15, 0.2) is 12.1 Å². The first kappa shape index (κ1) is 27.3. The van der Waals surface area contributed by atoms with E-state index in [1.54, 1.807) is 12.1 Å². The monoisotopic (exact) mass is 513 g/mol. The zero-order valence-corrected chi connectivity index (χ0v) is 21.1. The summed E-state index contributed by atoms with van der Waals surface area (Å²) in [6, 6.07) is 24.9. The number of Topliss-reactive ketones (excluding diaryl/α,β-unsaturated/α-hetero) is 1. The molecule has 3 heterocycles. The number of rotatable bonds is 8. The summed E-state index contributed by atoms with van der Waals surface area (Å²) < 4.78 is 6.78. The van der Waals surface area contributed by atoms with E-state index in [0.29, 0.717) is 28.7 Å². The van der Waals surface area contributed by atoms with E-state index in [2.05, 4.69) is 5.32 Å². The molecule has 6 nitrogen and oxygen atoms in total. The van der Waals surface area contributed by atoms with Gasteiger partial charge >= 0.3 is 5.97 Å². The SMILES string of the molecule is C.Cc1ccc(C(=O)NC(C(=O)O[C@H]2C[N+]3(CC(=O)c4ccccc4)CCC2CC3)c2ccccc2)cc1. The highest BCUT2D eigenvalue weighted by Gasteiger charge is 2.49. The summed E-state index contributed by atoms with van der Waals surface area (Å²) in [4.78, 5) is 39.6. The van der Waals surface area contributed by atoms with Gasteiger partial charge in [0, 0.05) is 29.9 Å². The molecule has 6 rings (SSSR count). The summed E-state index contributed by atoms with van der Waals surface area (Å²) in [7, 11) is 0. The number of quaternary nitrogens is 1. The Morgan fingerprint density at radius 2 is 1.47 bits per heavy atom. The molecule has 0 aromatic heterocycles. The minimum absolute atomic E-state index is 0. The maximum absolute atomic E-state index is 13.5. The predicted molar refractivity (Wildman–Crippen MR) is 148 cm³/mol. The number of amides is 1. The van der Waals surface area contributed by atoms with Gasteiger partial charge < -0.3 is 14.5 Å². The third-order valence-corrected chi connectivity index (χ3v) is 7.84. The standard InChI is InChI=1S/C31H32N2O4.CH4/c1-22-12-14-26(15-13-22)30(35)32-29(25-10-6-3-7-11-25)31(36)37-28-21-33(18-16-24(28)17-19-33)20-27(34)23-8-4-2-5-9-23;/h2-15,24,28-29H,16-21H2,1H3;1H4/p+1/t24?,28-,29?,33?;/m0./s1. The van der Waals surface area contributed by atoms with Crippen molar-refractivity contribution >= 4 is 17.7 Å². The second-order valence-corrected chi connectivity index (χ2v) is 10.4. The number of piperidine rings is 3. The van der Waals surface area contributed by atoms with Crippen LogP contribution >= 0.6 is 0 Å². The number of ketones is 1. The van der Waals surface area contributed by atoms with E-state index in [0.717, 1.165) is 37.1 Å². The molecule has 3 aromatic carbocycles. The topological polar surface area (TPSA) is 72.5 Å². The molecular weight excluding hydrogens is 476 g/mol. The lowest BCUT2D eigenvalue weighted by atomic mass is 9.82. The van der Waals surface area contributed by atoms with Gasteiger partial charge in [-0.15, -0.1) is 0 Å². The van der Waals surface area contributed by atoms with Crippen LogP contribution in [-0.4, -0.2) is 54.4 Å². The molecule has 3 fully saturated rings. The fourth-order valence-corrected chi connectivity index (χ4v) is 5.66. The third kappa shape index (κ3) is 6.03. The number of nitrogens with one attached hydrogen (secondary N) is 1. The quantitative estimate of drug-likeness (QED) is 0.257. The second kappa shape index (κ2) is 11.7. The highest BCUT2D eigenvalue weighted by Crippen LogP contribution is 2.36. The molecular formula is C32H37N2O4+. The lowest BCUT2D eigenvalue weighted by Crippen LogP contribution is -2.66. The van der Waals surface area contributed by atoms with E-state index in [1.165, 1.54) is 0 Å². The first-order valence-corrected chi connectivity index (χ1v) is 13.0. The Morgan fingerprint density at radius 3 is 2.11 bits per heavy atom. The Hall–Kier alpha value is -3.77. The molecule has 2 atom stereocenters. The molecule has 3 aliphatic heterocycles. The van der Waals surface area contributed by atoms with E-state index in [-0.39, 0.29) is 31.1 Å². The van der Waals surface area contributed by atoms with Crippen molar-refractivity contribution in [3.05, 3.63) is 107 Å². The number of aryl methyl sites for hydroxylation is 1. The number of ether oxygens (including phenoxy) is 1. The van der Waals surface area contributed by atoms with Crippen LogP contribution in [0.2, 0.25) is 0 Å². The maximum Gasteiger partial charge on any atom is 0.333 e. The first-order valence-electron chi connectivity index (χ1n) is 13.0. The summed E-state index contributed by atoms with van der Waals surface area (Å²) in [5, 5.41) is 2.89. The van der Waals surface area contributed by atoms with Crippen LogP contribution < -0.4 is 5.32 Å². The third-order valence-electron chi connectivity index (χ3n) is 7.84. The van der Waals surface area contributed by atoms with Crippen LogP contribution in [0, 0.1) is 12.8 Å². The molecule has 0 radical (unpaired) electrons. The van der Waals surface area contributed by atoms with Gasteiger partial charge in [-0.25, -0.2) is 4.79 Å². The molecule has 1 amide bonds. The molecule has 1 N–H and O–H groups in total. The summed E-state index contributed by atoms with van der Waals surface area (Å²) in [6.07, 6.45) is 1.57. The minimum atomic E-state index is -0.912. The number of esters is 1. The smallest absolute Gasteiger partial charge is 0.333 e. The van der Waals surface area contributed by atoms with Crippen molar-refractivity contribution in [2.75, 3.05) is 26.2 Å². The fraction of sp³-hybridized carbons (Fsp3) is 0.344. The van der Waals surface area contributed by atoms with E-state index < -0.39 is 12.0 Å². The van der Waals surface area contributed by atoms with Crippen LogP contribution in [0.3, 0.4) is 0 Å². The van der Waals surface area contributed by atoms with Crippen LogP contribution in [0.15, 0.2) is 84.9 Å². The average Bonchev–Trinajstić information content (AvgIpc) is 2.93. The highest BCUT2D eigenvalue weighted by atomic mass is 16.5. The van der Waals surface area contributed by atoms with Crippen molar-refractivity contribution in [2.24, 2.45) is 5.92 Å². The largest absolute Gasteiger partial charge is 0.454 e. The fourth-order valence-electron chi connectivity index (χ4n) is 5.66. The van der Waals surface area contributed by atoms with Crippen molar-refractivity contribution in [3.8, 4) is 0 Å². The van der Waals surface area contributed by atoms with Gasteiger partial charge in [0.05, 0.1) is 13.1 Å².